The van der Waals surface area contributed by atoms with Crippen LogP contribution in [0.4, 0.5) is 0 Å². The first-order valence-corrected chi connectivity index (χ1v) is 10.3. The third-order valence-electron chi connectivity index (χ3n) is 5.74. The zero-order chi connectivity index (χ0) is 21.2. The average Bonchev–Trinajstić information content (AvgIpc) is 3.31. The second kappa shape index (κ2) is 8.20. The fourth-order valence-corrected chi connectivity index (χ4v) is 4.11. The molecule has 1 atom stereocenters. The lowest BCUT2D eigenvalue weighted by Crippen LogP contribution is -2.18. The second-order valence-electron chi connectivity index (χ2n) is 7.64. The first kappa shape index (κ1) is 19.3. The predicted molar refractivity (Wildman–Crippen MR) is 123 cm³/mol. The number of fused-ring (bicyclic) bond motifs is 2. The van der Waals surface area contributed by atoms with Crippen LogP contribution < -0.4 is 10.1 Å². The Labute approximate surface area is 180 Å². The summed E-state index contributed by atoms with van der Waals surface area (Å²) in [6.45, 7) is 2.93. The van der Waals surface area contributed by atoms with E-state index in [1.807, 2.05) is 24.3 Å². The molecule has 0 aliphatic carbocycles. The van der Waals surface area contributed by atoms with Gasteiger partial charge in [-0.1, -0.05) is 60.7 Å². The van der Waals surface area contributed by atoms with Crippen LogP contribution in [0.1, 0.15) is 24.1 Å². The number of methoxy groups -OCH3 is 1. The van der Waals surface area contributed by atoms with E-state index in [9.17, 15) is 0 Å². The number of hydrogen-bond acceptors (Lipinski definition) is 5. The molecule has 0 radical (unpaired) electrons. The van der Waals surface area contributed by atoms with Crippen molar-refractivity contribution in [2.45, 2.75) is 19.5 Å². The maximum absolute atomic E-state index is 5.62. The van der Waals surface area contributed by atoms with E-state index in [0.717, 1.165) is 40.0 Å². The highest BCUT2D eigenvalue weighted by Crippen LogP contribution is 2.35. The van der Waals surface area contributed by atoms with E-state index >= 15 is 0 Å². The van der Waals surface area contributed by atoms with Crippen molar-refractivity contribution in [1.29, 1.82) is 0 Å². The number of nitrogens with zero attached hydrogens (tertiary/aromatic N) is 2. The molecule has 0 aliphatic heterocycles. The summed E-state index contributed by atoms with van der Waals surface area (Å²) in [5.41, 5.74) is 5.84. The molecule has 0 saturated heterocycles. The third-order valence-corrected chi connectivity index (χ3v) is 5.74. The van der Waals surface area contributed by atoms with Crippen LogP contribution in [0.2, 0.25) is 0 Å². The lowest BCUT2D eigenvalue weighted by atomic mass is 9.98. The Morgan fingerprint density at radius 3 is 2.65 bits per heavy atom. The minimum atomic E-state index is 0.208. The van der Waals surface area contributed by atoms with Gasteiger partial charge in [-0.2, -0.15) is 0 Å². The van der Waals surface area contributed by atoms with E-state index in [4.69, 9.17) is 9.37 Å². The summed E-state index contributed by atoms with van der Waals surface area (Å²) < 4.78 is 10.6. The largest absolute Gasteiger partial charge is 0.496 e. The van der Waals surface area contributed by atoms with Crippen molar-refractivity contribution in [3.63, 3.8) is 0 Å². The Balaban J connectivity index is 1.44. The number of rotatable bonds is 6. The van der Waals surface area contributed by atoms with Crippen molar-refractivity contribution in [3.8, 4) is 16.9 Å². The van der Waals surface area contributed by atoms with Gasteiger partial charge in [0.2, 0.25) is 0 Å². The standard InChI is InChI=1S/C26H23N3O2/c1-17(20-10-5-8-19-7-3-4-9-21(19)20)27-16-18-13-14-25(30-2)23(15-18)22-11-6-12-24-26(22)29-31-28-24/h3-15,17,27H,16H2,1-2H3/t17-/m1/s1. The highest BCUT2D eigenvalue weighted by atomic mass is 16.6. The molecule has 0 bridgehead atoms. The highest BCUT2D eigenvalue weighted by Gasteiger charge is 2.14. The molecule has 0 unspecified atom stereocenters. The van der Waals surface area contributed by atoms with Gasteiger partial charge in [0.1, 0.15) is 16.8 Å². The van der Waals surface area contributed by atoms with Gasteiger partial charge in [-0.15, -0.1) is 0 Å². The number of aromatic nitrogens is 2. The Morgan fingerprint density at radius 2 is 1.74 bits per heavy atom. The molecule has 0 saturated carbocycles. The maximum Gasteiger partial charge on any atom is 0.143 e. The van der Waals surface area contributed by atoms with Crippen LogP contribution in [0.3, 0.4) is 0 Å². The van der Waals surface area contributed by atoms with Gasteiger partial charge in [0.15, 0.2) is 0 Å². The van der Waals surface area contributed by atoms with Crippen LogP contribution in [-0.2, 0) is 6.54 Å². The Hall–Kier alpha value is -3.70. The summed E-state index contributed by atoms with van der Waals surface area (Å²) in [4.78, 5) is 0. The predicted octanol–water partition coefficient (Wildman–Crippen LogP) is 5.90. The molecule has 0 aliphatic rings. The van der Waals surface area contributed by atoms with E-state index in [1.165, 1.54) is 16.3 Å². The van der Waals surface area contributed by atoms with Crippen molar-refractivity contribution >= 4 is 21.8 Å². The minimum Gasteiger partial charge on any atom is -0.496 e. The van der Waals surface area contributed by atoms with Crippen LogP contribution >= 0.6 is 0 Å². The SMILES string of the molecule is COc1ccc(CN[C@H](C)c2cccc3ccccc23)cc1-c1cccc2nonc12. The smallest absolute Gasteiger partial charge is 0.143 e. The number of hydrogen-bond donors (Lipinski definition) is 1. The molecule has 1 N–H and O–H groups in total. The van der Waals surface area contributed by atoms with E-state index in [-0.39, 0.29) is 6.04 Å². The van der Waals surface area contributed by atoms with Gasteiger partial charge in [-0.05, 0) is 57.3 Å². The molecule has 1 aromatic heterocycles. The molecule has 5 heteroatoms. The normalized spacial score (nSPS) is 12.3. The zero-order valence-corrected chi connectivity index (χ0v) is 17.5. The fourth-order valence-electron chi connectivity index (χ4n) is 4.11. The molecule has 0 fully saturated rings. The van der Waals surface area contributed by atoms with Gasteiger partial charge in [-0.25, -0.2) is 4.63 Å². The van der Waals surface area contributed by atoms with Crippen LogP contribution in [0.25, 0.3) is 32.9 Å². The molecular weight excluding hydrogens is 386 g/mol. The molecule has 0 amide bonds. The molecule has 0 spiro atoms. The van der Waals surface area contributed by atoms with E-state index in [2.05, 4.69) is 77.2 Å². The number of nitrogens with one attached hydrogen (secondary N) is 1. The van der Waals surface area contributed by atoms with Crippen LogP contribution in [0.5, 0.6) is 5.75 Å². The summed E-state index contributed by atoms with van der Waals surface area (Å²) in [7, 11) is 1.68. The summed E-state index contributed by atoms with van der Waals surface area (Å²) in [6, 6.07) is 27.3. The molecule has 5 aromatic rings. The molecule has 154 valence electrons. The summed E-state index contributed by atoms with van der Waals surface area (Å²) in [5.74, 6) is 0.793. The Kier molecular flexibility index (Phi) is 5.10. The quantitative estimate of drug-likeness (QED) is 0.378. The van der Waals surface area contributed by atoms with Gasteiger partial charge in [0.05, 0.1) is 7.11 Å². The second-order valence-corrected chi connectivity index (χ2v) is 7.64. The Morgan fingerprint density at radius 1 is 0.903 bits per heavy atom. The van der Waals surface area contributed by atoms with E-state index in [1.54, 1.807) is 7.11 Å². The van der Waals surface area contributed by atoms with Crippen molar-refractivity contribution in [2.24, 2.45) is 0 Å². The molecular formula is C26H23N3O2. The van der Waals surface area contributed by atoms with Crippen LogP contribution in [0.15, 0.2) is 83.5 Å². The molecule has 1 heterocycles. The zero-order valence-electron chi connectivity index (χ0n) is 17.5. The summed E-state index contributed by atoms with van der Waals surface area (Å²) in [6.07, 6.45) is 0. The van der Waals surface area contributed by atoms with Gasteiger partial charge in [-0.3, -0.25) is 0 Å². The van der Waals surface area contributed by atoms with Crippen LogP contribution in [-0.4, -0.2) is 17.4 Å². The topological polar surface area (TPSA) is 60.2 Å². The first-order chi connectivity index (χ1) is 15.2. The van der Waals surface area contributed by atoms with Gasteiger partial charge in [0.25, 0.3) is 0 Å². The molecule has 5 rings (SSSR count). The minimum absolute atomic E-state index is 0.208. The van der Waals surface area contributed by atoms with E-state index < -0.39 is 0 Å². The van der Waals surface area contributed by atoms with Crippen LogP contribution in [0, 0.1) is 0 Å². The van der Waals surface area contributed by atoms with Crippen molar-refractivity contribution in [2.75, 3.05) is 7.11 Å². The monoisotopic (exact) mass is 409 g/mol. The average molecular weight is 409 g/mol. The Bertz CT molecular complexity index is 1350. The first-order valence-electron chi connectivity index (χ1n) is 10.3. The van der Waals surface area contributed by atoms with Gasteiger partial charge < -0.3 is 10.1 Å². The number of ether oxygens (including phenoxy) is 1. The number of benzene rings is 4. The van der Waals surface area contributed by atoms with Crippen molar-refractivity contribution in [3.05, 3.63) is 90.0 Å². The van der Waals surface area contributed by atoms with Crippen molar-refractivity contribution in [1.82, 2.24) is 15.6 Å². The van der Waals surface area contributed by atoms with Gasteiger partial charge >= 0.3 is 0 Å². The molecule has 5 nitrogen and oxygen atoms in total. The molecule has 4 aromatic carbocycles. The van der Waals surface area contributed by atoms with E-state index in [0.29, 0.717) is 0 Å². The summed E-state index contributed by atoms with van der Waals surface area (Å²) >= 11 is 0. The lowest BCUT2D eigenvalue weighted by Gasteiger charge is -2.18. The lowest BCUT2D eigenvalue weighted by molar-refractivity contribution is 0.315. The summed E-state index contributed by atoms with van der Waals surface area (Å²) in [5, 5.41) is 14.3. The maximum atomic E-state index is 5.62. The highest BCUT2D eigenvalue weighted by molar-refractivity contribution is 5.93. The van der Waals surface area contributed by atoms with Gasteiger partial charge in [0, 0.05) is 23.7 Å². The molecule has 31 heavy (non-hydrogen) atoms. The fraction of sp³-hybridized carbons (Fsp3) is 0.154. The third kappa shape index (κ3) is 3.64. The van der Waals surface area contributed by atoms with Crippen molar-refractivity contribution < 1.29 is 9.37 Å².